The maximum absolute atomic E-state index is 12.4. The molecule has 0 aliphatic carbocycles. The molecule has 4 N–H and O–H groups in total. The van der Waals surface area contributed by atoms with Gasteiger partial charge in [0.2, 0.25) is 0 Å². The van der Waals surface area contributed by atoms with Crippen molar-refractivity contribution in [1.82, 2.24) is 0 Å². The second-order valence-electron chi connectivity index (χ2n) is 9.32. The third kappa shape index (κ3) is 8.80. The second kappa shape index (κ2) is 14.5. The smallest absolute Gasteiger partial charge is 0.344 e. The summed E-state index contributed by atoms with van der Waals surface area (Å²) in [5, 5.41) is 37.5. The summed E-state index contributed by atoms with van der Waals surface area (Å²) < 4.78 is 11.0. The van der Waals surface area contributed by atoms with E-state index < -0.39 is 17.9 Å². The van der Waals surface area contributed by atoms with Crippen LogP contribution >= 0.6 is 0 Å². The minimum absolute atomic E-state index is 0.0685. The van der Waals surface area contributed by atoms with Gasteiger partial charge in [0.1, 0.15) is 23.9 Å². The molecular weight excluding hydrogens is 560 g/mol. The van der Waals surface area contributed by atoms with Crippen LogP contribution < -0.4 is 9.62 Å². The average Bonchev–Trinajstić information content (AvgIpc) is 2.99. The Kier molecular flexibility index (Phi) is 10.3. The summed E-state index contributed by atoms with van der Waals surface area (Å²) in [6.45, 7) is 0.849. The summed E-state index contributed by atoms with van der Waals surface area (Å²) in [4.78, 5) is 45.5. The molecule has 0 aliphatic rings. The molecule has 4 aromatic carbocycles. The van der Waals surface area contributed by atoms with Crippen LogP contribution in [0.1, 0.15) is 47.8 Å². The van der Waals surface area contributed by atoms with Gasteiger partial charge in [-0.3, -0.25) is 0 Å². The van der Waals surface area contributed by atoms with Crippen molar-refractivity contribution in [2.24, 2.45) is 0 Å². The number of hydrogen-bond donors (Lipinski definition) is 4. The third-order valence-corrected chi connectivity index (χ3v) is 6.27. The molecule has 0 amide bonds. The van der Waals surface area contributed by atoms with Gasteiger partial charge in [-0.25, -0.2) is 14.4 Å². The maximum atomic E-state index is 12.4. The predicted molar refractivity (Wildman–Crippen MR) is 152 cm³/mol. The lowest BCUT2D eigenvalue weighted by Crippen LogP contribution is -2.14. The molecule has 11 heteroatoms. The zero-order valence-electron chi connectivity index (χ0n) is 22.8. The number of carboxylic acids is 2. The highest BCUT2D eigenvalue weighted by Crippen LogP contribution is 2.21. The summed E-state index contributed by atoms with van der Waals surface area (Å²) >= 11 is 0. The van der Waals surface area contributed by atoms with Crippen molar-refractivity contribution in [3.05, 3.63) is 118 Å². The van der Waals surface area contributed by atoms with Crippen LogP contribution in [0.3, 0.4) is 0 Å². The average molecular weight is 589 g/mol. The van der Waals surface area contributed by atoms with Crippen LogP contribution in [0.25, 0.3) is 0 Å². The van der Waals surface area contributed by atoms with Crippen molar-refractivity contribution >= 4 is 17.9 Å². The number of benzene rings is 4. The highest BCUT2D eigenvalue weighted by Gasteiger charge is 2.19. The SMILES string of the molecule is O=C(O)c1cc(O)ccc1COOc1ccc(CCOCCc2ccc(OC(=O)c3ccc(O)cc3C(=O)O)cc2)cc1. The number of phenolic OH excluding ortho intramolecular Hbond substituents is 2. The van der Waals surface area contributed by atoms with Crippen molar-refractivity contribution in [3.8, 4) is 23.0 Å². The number of aromatic hydroxyl groups is 2. The normalized spacial score (nSPS) is 10.7. The fourth-order valence-electron chi connectivity index (χ4n) is 4.02. The number of aromatic carboxylic acids is 2. The van der Waals surface area contributed by atoms with Crippen molar-refractivity contribution in [1.29, 1.82) is 0 Å². The van der Waals surface area contributed by atoms with Crippen molar-refractivity contribution < 1.29 is 54.1 Å². The zero-order valence-corrected chi connectivity index (χ0v) is 22.8. The molecule has 0 saturated heterocycles. The van der Waals surface area contributed by atoms with E-state index in [-0.39, 0.29) is 40.5 Å². The molecule has 222 valence electrons. The first kappa shape index (κ1) is 30.6. The number of phenols is 2. The molecule has 0 spiro atoms. The Hall–Kier alpha value is -5.39. The van der Waals surface area contributed by atoms with E-state index in [1.54, 1.807) is 36.4 Å². The number of rotatable bonds is 14. The van der Waals surface area contributed by atoms with Crippen LogP contribution in [0.4, 0.5) is 0 Å². The van der Waals surface area contributed by atoms with E-state index in [2.05, 4.69) is 0 Å². The minimum Gasteiger partial charge on any atom is -0.508 e. The topological polar surface area (TPSA) is 169 Å². The van der Waals surface area contributed by atoms with Gasteiger partial charge >= 0.3 is 17.9 Å². The van der Waals surface area contributed by atoms with Gasteiger partial charge in [-0.05, 0) is 84.1 Å². The lowest BCUT2D eigenvalue weighted by atomic mass is 10.1. The first-order valence-electron chi connectivity index (χ1n) is 13.1. The van der Waals surface area contributed by atoms with Gasteiger partial charge in [0, 0.05) is 0 Å². The van der Waals surface area contributed by atoms with E-state index in [1.165, 1.54) is 24.3 Å². The predicted octanol–water partition coefficient (Wildman–Crippen LogP) is 5.03. The molecule has 0 aliphatic heterocycles. The Balaban J connectivity index is 1.15. The largest absolute Gasteiger partial charge is 0.508 e. The second-order valence-corrected chi connectivity index (χ2v) is 9.32. The number of esters is 1. The molecule has 0 unspecified atom stereocenters. The Morgan fingerprint density at radius 2 is 1.14 bits per heavy atom. The summed E-state index contributed by atoms with van der Waals surface area (Å²) in [5.74, 6) is -3.09. The van der Waals surface area contributed by atoms with E-state index in [1.807, 2.05) is 12.1 Å². The summed E-state index contributed by atoms with van der Waals surface area (Å²) in [6.07, 6.45) is 1.30. The molecule has 0 atom stereocenters. The van der Waals surface area contributed by atoms with E-state index in [4.69, 9.17) is 19.2 Å². The molecule has 0 fully saturated rings. The van der Waals surface area contributed by atoms with Crippen LogP contribution in [0.5, 0.6) is 23.0 Å². The van der Waals surface area contributed by atoms with Crippen molar-refractivity contribution in [2.45, 2.75) is 19.4 Å². The van der Waals surface area contributed by atoms with Crippen LogP contribution in [-0.4, -0.2) is 51.5 Å². The summed E-state index contributed by atoms with van der Waals surface area (Å²) in [6, 6.07) is 21.3. The van der Waals surface area contributed by atoms with E-state index >= 15 is 0 Å². The van der Waals surface area contributed by atoms with Gasteiger partial charge in [0.15, 0.2) is 5.75 Å². The monoisotopic (exact) mass is 588 g/mol. The number of ether oxygens (including phenoxy) is 2. The standard InChI is InChI=1S/C32H28O11/c33-23-6-5-22(28(17-23)30(35)36)19-41-43-26-10-3-21(4-11-26)14-16-40-15-13-20-1-8-25(9-2-20)42-32(39)27-12-7-24(34)18-29(27)31(37)38/h1-12,17-18,33-34H,13-16,19H2,(H,35,36)(H,37,38). The summed E-state index contributed by atoms with van der Waals surface area (Å²) in [5.41, 5.74) is 1.75. The fraction of sp³-hybridized carbons (Fsp3) is 0.156. The first-order valence-corrected chi connectivity index (χ1v) is 13.1. The Bertz CT molecular complexity index is 1580. The van der Waals surface area contributed by atoms with E-state index in [0.717, 1.165) is 23.3 Å². The summed E-state index contributed by atoms with van der Waals surface area (Å²) in [7, 11) is 0. The zero-order chi connectivity index (χ0) is 30.8. The molecule has 0 heterocycles. The van der Waals surface area contributed by atoms with Gasteiger partial charge in [0.05, 0.1) is 29.9 Å². The Labute approximate surface area is 246 Å². The van der Waals surface area contributed by atoms with Crippen LogP contribution in [0, 0.1) is 0 Å². The number of carboxylic acid groups (broad SMARTS) is 2. The van der Waals surface area contributed by atoms with Gasteiger partial charge in [0.25, 0.3) is 0 Å². The van der Waals surface area contributed by atoms with Crippen LogP contribution in [0.15, 0.2) is 84.9 Å². The number of carbonyl (C=O) groups is 3. The Morgan fingerprint density at radius 3 is 1.72 bits per heavy atom. The lowest BCUT2D eigenvalue weighted by Gasteiger charge is -2.09. The molecule has 4 rings (SSSR count). The molecule has 0 bridgehead atoms. The Morgan fingerprint density at radius 1 is 0.605 bits per heavy atom. The molecule has 0 radical (unpaired) electrons. The third-order valence-electron chi connectivity index (χ3n) is 6.27. The highest BCUT2D eigenvalue weighted by molar-refractivity contribution is 6.03. The minimum atomic E-state index is -1.35. The molecular formula is C32H28O11. The molecule has 0 saturated carbocycles. The quantitative estimate of drug-likeness (QED) is 0.0513. The van der Waals surface area contributed by atoms with Crippen LogP contribution in [0.2, 0.25) is 0 Å². The van der Waals surface area contributed by atoms with Crippen molar-refractivity contribution in [3.63, 3.8) is 0 Å². The molecule has 11 nitrogen and oxygen atoms in total. The number of carbonyl (C=O) groups excluding carboxylic acids is 1. The number of hydrogen-bond acceptors (Lipinski definition) is 9. The molecule has 43 heavy (non-hydrogen) atoms. The highest BCUT2D eigenvalue weighted by atomic mass is 17.2. The molecule has 4 aromatic rings. The van der Waals surface area contributed by atoms with Crippen LogP contribution in [-0.2, 0) is 29.1 Å². The first-order chi connectivity index (χ1) is 20.7. The van der Waals surface area contributed by atoms with Gasteiger partial charge in [-0.15, -0.1) is 0 Å². The maximum Gasteiger partial charge on any atom is 0.344 e. The van der Waals surface area contributed by atoms with E-state index in [9.17, 15) is 34.8 Å². The van der Waals surface area contributed by atoms with Gasteiger partial charge in [-0.2, -0.15) is 4.89 Å². The van der Waals surface area contributed by atoms with Gasteiger partial charge < -0.3 is 34.8 Å². The lowest BCUT2D eigenvalue weighted by molar-refractivity contribution is -0.217. The fourth-order valence-corrected chi connectivity index (χ4v) is 4.02. The van der Waals surface area contributed by atoms with Gasteiger partial charge in [-0.1, -0.05) is 30.3 Å². The molecule has 0 aromatic heterocycles. The van der Waals surface area contributed by atoms with Crippen molar-refractivity contribution in [2.75, 3.05) is 13.2 Å². The van der Waals surface area contributed by atoms with E-state index in [0.29, 0.717) is 37.4 Å².